The summed E-state index contributed by atoms with van der Waals surface area (Å²) in [4.78, 5) is 22.4. The van der Waals surface area contributed by atoms with E-state index in [1.807, 2.05) is 18.9 Å². The van der Waals surface area contributed by atoms with Crippen molar-refractivity contribution in [2.45, 2.75) is 26.2 Å². The molecular weight excluding hydrogens is 242 g/mol. The van der Waals surface area contributed by atoms with E-state index in [4.69, 9.17) is 0 Å². The highest BCUT2D eigenvalue weighted by molar-refractivity contribution is 5.80. The van der Waals surface area contributed by atoms with E-state index in [9.17, 15) is 4.79 Å². The summed E-state index contributed by atoms with van der Waals surface area (Å²) in [5, 5.41) is 6.05. The second kappa shape index (κ2) is 6.36. The molecule has 1 fully saturated rings. The van der Waals surface area contributed by atoms with Crippen LogP contribution in [0, 0.1) is 6.92 Å². The Morgan fingerprint density at radius 1 is 1.26 bits per heavy atom. The molecule has 0 aliphatic carbocycles. The summed E-state index contributed by atoms with van der Waals surface area (Å²) < 4.78 is 0. The Morgan fingerprint density at radius 3 is 2.63 bits per heavy atom. The second-order valence-corrected chi connectivity index (χ2v) is 4.73. The summed E-state index contributed by atoms with van der Waals surface area (Å²) in [6, 6.07) is 1.80. The van der Waals surface area contributed by atoms with Crippen LogP contribution in [0.4, 0.5) is 11.6 Å². The quantitative estimate of drug-likeness (QED) is 0.855. The van der Waals surface area contributed by atoms with Gasteiger partial charge < -0.3 is 15.5 Å². The van der Waals surface area contributed by atoms with E-state index in [2.05, 4.69) is 20.6 Å². The maximum absolute atomic E-state index is 12.0. The van der Waals surface area contributed by atoms with Gasteiger partial charge in [-0.2, -0.15) is 0 Å². The van der Waals surface area contributed by atoms with Crippen molar-refractivity contribution >= 4 is 17.5 Å². The summed E-state index contributed by atoms with van der Waals surface area (Å²) in [5.41, 5.74) is 0. The number of piperidine rings is 1. The highest BCUT2D eigenvalue weighted by Gasteiger charge is 2.16. The van der Waals surface area contributed by atoms with Crippen molar-refractivity contribution in [1.29, 1.82) is 0 Å². The number of anilines is 2. The first-order chi connectivity index (χ1) is 9.19. The van der Waals surface area contributed by atoms with Crippen LogP contribution in [0.5, 0.6) is 0 Å². The minimum atomic E-state index is 0.141. The number of hydrogen-bond acceptors (Lipinski definition) is 5. The Labute approximate surface area is 113 Å². The average Bonchev–Trinajstić information content (AvgIpc) is 2.45. The molecule has 0 unspecified atom stereocenters. The van der Waals surface area contributed by atoms with E-state index in [1.165, 1.54) is 6.42 Å². The van der Waals surface area contributed by atoms with Crippen LogP contribution < -0.4 is 10.6 Å². The van der Waals surface area contributed by atoms with Crippen molar-refractivity contribution in [2.24, 2.45) is 0 Å². The number of rotatable bonds is 4. The smallest absolute Gasteiger partial charge is 0.241 e. The van der Waals surface area contributed by atoms with Crippen molar-refractivity contribution < 1.29 is 4.79 Å². The van der Waals surface area contributed by atoms with E-state index >= 15 is 0 Å². The first-order valence-corrected chi connectivity index (χ1v) is 6.74. The van der Waals surface area contributed by atoms with Gasteiger partial charge in [-0.05, 0) is 26.2 Å². The van der Waals surface area contributed by atoms with Crippen molar-refractivity contribution in [3.8, 4) is 0 Å². The first kappa shape index (κ1) is 13.6. The highest BCUT2D eigenvalue weighted by Crippen LogP contribution is 2.11. The molecule has 2 rings (SSSR count). The van der Waals surface area contributed by atoms with Gasteiger partial charge in [-0.25, -0.2) is 9.97 Å². The Bertz CT molecular complexity index is 443. The molecular formula is C13H21N5O. The predicted molar refractivity (Wildman–Crippen MR) is 75.2 cm³/mol. The molecule has 1 aromatic rings. The summed E-state index contributed by atoms with van der Waals surface area (Å²) in [7, 11) is 1.81. The number of nitrogens with zero attached hydrogens (tertiary/aromatic N) is 3. The van der Waals surface area contributed by atoms with Crippen molar-refractivity contribution in [3.63, 3.8) is 0 Å². The van der Waals surface area contributed by atoms with Gasteiger partial charge in [-0.1, -0.05) is 0 Å². The molecule has 0 atom stereocenters. The van der Waals surface area contributed by atoms with E-state index in [0.717, 1.165) is 31.7 Å². The van der Waals surface area contributed by atoms with Crippen molar-refractivity contribution in [1.82, 2.24) is 14.9 Å². The number of amides is 1. The van der Waals surface area contributed by atoms with Gasteiger partial charge in [-0.3, -0.25) is 4.79 Å². The number of carbonyl (C=O) groups excluding carboxylic acids is 1. The molecule has 0 aromatic carbocycles. The van der Waals surface area contributed by atoms with Crippen LogP contribution in [0.3, 0.4) is 0 Å². The Morgan fingerprint density at radius 2 is 1.95 bits per heavy atom. The molecule has 0 radical (unpaired) electrons. The molecule has 1 aromatic heterocycles. The number of carbonyl (C=O) groups is 1. The molecule has 0 saturated carbocycles. The molecule has 6 nitrogen and oxygen atoms in total. The van der Waals surface area contributed by atoms with Crippen LogP contribution in [-0.4, -0.2) is 47.5 Å². The second-order valence-electron chi connectivity index (χ2n) is 4.73. The van der Waals surface area contributed by atoms with Crippen LogP contribution >= 0.6 is 0 Å². The fourth-order valence-corrected chi connectivity index (χ4v) is 2.21. The molecule has 1 amide bonds. The molecule has 2 N–H and O–H groups in total. The minimum Gasteiger partial charge on any atom is -0.373 e. The minimum absolute atomic E-state index is 0.141. The molecule has 104 valence electrons. The third kappa shape index (κ3) is 3.81. The van der Waals surface area contributed by atoms with E-state index < -0.39 is 0 Å². The van der Waals surface area contributed by atoms with Gasteiger partial charge in [0, 0.05) is 26.2 Å². The van der Waals surface area contributed by atoms with E-state index in [-0.39, 0.29) is 5.91 Å². The predicted octanol–water partition coefficient (Wildman–Crippen LogP) is 1.25. The zero-order chi connectivity index (χ0) is 13.7. The van der Waals surface area contributed by atoms with E-state index in [0.29, 0.717) is 18.2 Å². The largest absolute Gasteiger partial charge is 0.373 e. The topological polar surface area (TPSA) is 70.2 Å². The molecule has 2 heterocycles. The fraction of sp³-hybridized carbons (Fsp3) is 0.615. The lowest BCUT2D eigenvalue weighted by Gasteiger charge is -2.26. The molecule has 0 spiro atoms. The summed E-state index contributed by atoms with van der Waals surface area (Å²) in [6.07, 6.45) is 3.46. The molecule has 1 aliphatic heterocycles. The number of aromatic nitrogens is 2. The highest BCUT2D eigenvalue weighted by atomic mass is 16.2. The van der Waals surface area contributed by atoms with Gasteiger partial charge in [0.25, 0.3) is 0 Å². The van der Waals surface area contributed by atoms with Gasteiger partial charge in [0.1, 0.15) is 17.5 Å². The summed E-state index contributed by atoms with van der Waals surface area (Å²) >= 11 is 0. The standard InChI is InChI=1S/C13H21N5O/c1-10-16-11(14-2)8-12(17-10)15-9-13(19)18-6-4-3-5-7-18/h8H,3-7,9H2,1-2H3,(H2,14,15,16,17). The lowest BCUT2D eigenvalue weighted by Crippen LogP contribution is -2.39. The van der Waals surface area contributed by atoms with Gasteiger partial charge >= 0.3 is 0 Å². The SMILES string of the molecule is CNc1cc(NCC(=O)N2CCCCC2)nc(C)n1. The van der Waals surface area contributed by atoms with E-state index in [1.54, 1.807) is 6.07 Å². The van der Waals surface area contributed by atoms with Crippen LogP contribution in [0.15, 0.2) is 6.07 Å². The van der Waals surface area contributed by atoms with Gasteiger partial charge in [0.05, 0.1) is 6.54 Å². The van der Waals surface area contributed by atoms with Crippen LogP contribution in [0.2, 0.25) is 0 Å². The summed E-state index contributed by atoms with van der Waals surface area (Å²) in [6.45, 7) is 3.88. The number of likely N-dealkylation sites (tertiary alicyclic amines) is 1. The molecule has 6 heteroatoms. The zero-order valence-corrected chi connectivity index (χ0v) is 11.6. The van der Waals surface area contributed by atoms with Crippen molar-refractivity contribution in [2.75, 3.05) is 37.3 Å². The molecule has 1 aliphatic rings. The maximum atomic E-state index is 12.0. The number of nitrogens with one attached hydrogen (secondary N) is 2. The fourth-order valence-electron chi connectivity index (χ4n) is 2.21. The summed E-state index contributed by atoms with van der Waals surface area (Å²) in [5.74, 6) is 2.25. The zero-order valence-electron chi connectivity index (χ0n) is 11.6. The normalized spacial score (nSPS) is 15.2. The Hall–Kier alpha value is -1.85. The van der Waals surface area contributed by atoms with Crippen molar-refractivity contribution in [3.05, 3.63) is 11.9 Å². The lowest BCUT2D eigenvalue weighted by molar-refractivity contribution is -0.130. The van der Waals surface area contributed by atoms with Crippen LogP contribution in [-0.2, 0) is 4.79 Å². The Balaban J connectivity index is 1.90. The van der Waals surface area contributed by atoms with Crippen LogP contribution in [0.1, 0.15) is 25.1 Å². The average molecular weight is 263 g/mol. The van der Waals surface area contributed by atoms with Gasteiger partial charge in [0.15, 0.2) is 0 Å². The Kier molecular flexibility index (Phi) is 4.54. The maximum Gasteiger partial charge on any atom is 0.241 e. The first-order valence-electron chi connectivity index (χ1n) is 6.74. The molecule has 19 heavy (non-hydrogen) atoms. The number of hydrogen-bond donors (Lipinski definition) is 2. The van der Waals surface area contributed by atoms with Crippen LogP contribution in [0.25, 0.3) is 0 Å². The third-order valence-corrected chi connectivity index (χ3v) is 3.22. The monoisotopic (exact) mass is 263 g/mol. The number of aryl methyl sites for hydroxylation is 1. The molecule has 0 bridgehead atoms. The molecule has 1 saturated heterocycles. The van der Waals surface area contributed by atoms with Gasteiger partial charge in [0.2, 0.25) is 5.91 Å². The third-order valence-electron chi connectivity index (χ3n) is 3.22. The van der Waals surface area contributed by atoms with Gasteiger partial charge in [-0.15, -0.1) is 0 Å². The lowest BCUT2D eigenvalue weighted by atomic mass is 10.1.